The minimum atomic E-state index is -0.911. The molecule has 1 N–H and O–H groups in total. The van der Waals surface area contributed by atoms with Gasteiger partial charge in [0.25, 0.3) is 0 Å². The number of ether oxygens (including phenoxy) is 1. The second-order valence-corrected chi connectivity index (χ2v) is 5.88. The molecule has 1 saturated heterocycles. The lowest BCUT2D eigenvalue weighted by atomic mass is 9.98. The van der Waals surface area contributed by atoms with Gasteiger partial charge < -0.3 is 9.84 Å². The molecule has 5 heteroatoms. The molecule has 2 rings (SSSR count). The van der Waals surface area contributed by atoms with E-state index >= 15 is 0 Å². The van der Waals surface area contributed by atoms with Gasteiger partial charge in [-0.2, -0.15) is 5.26 Å². The Morgan fingerprint density at radius 1 is 1.36 bits per heavy atom. The largest absolute Gasteiger partial charge is 0.480 e. The summed E-state index contributed by atoms with van der Waals surface area (Å²) in [6.45, 7) is 6.57. The van der Waals surface area contributed by atoms with Gasteiger partial charge in [0.05, 0.1) is 17.7 Å². The first-order valence-corrected chi connectivity index (χ1v) is 7.55. The summed E-state index contributed by atoms with van der Waals surface area (Å²) in [5, 5.41) is 17.6. The van der Waals surface area contributed by atoms with Crippen molar-refractivity contribution in [1.29, 1.82) is 5.26 Å². The number of rotatable bonds is 5. The number of nitrogens with zero attached hydrogens (tertiary/aromatic N) is 2. The molecule has 1 fully saturated rings. The van der Waals surface area contributed by atoms with E-state index in [-0.39, 0.29) is 12.7 Å². The Kier molecular flexibility index (Phi) is 5.53. The molecule has 1 aromatic rings. The average Bonchev–Trinajstić information content (AvgIpc) is 2.49. The number of aliphatic carboxylic acids is 1. The molecule has 118 valence electrons. The van der Waals surface area contributed by atoms with Gasteiger partial charge in [-0.1, -0.05) is 0 Å². The third-order valence-corrected chi connectivity index (χ3v) is 4.18. The predicted octanol–water partition coefficient (Wildman–Crippen LogP) is 2.24. The SMILES string of the molecule is Cc1cc(C#N)cc(C)c1CN1CCC(OCC(=O)O)CC1. The number of likely N-dealkylation sites (tertiary alicyclic amines) is 1. The summed E-state index contributed by atoms with van der Waals surface area (Å²) in [4.78, 5) is 12.9. The van der Waals surface area contributed by atoms with Gasteiger partial charge in [0, 0.05) is 19.6 Å². The van der Waals surface area contributed by atoms with Crippen LogP contribution in [0.5, 0.6) is 0 Å². The van der Waals surface area contributed by atoms with Gasteiger partial charge in [0.15, 0.2) is 0 Å². The number of carboxylic acid groups (broad SMARTS) is 1. The van der Waals surface area contributed by atoms with E-state index in [1.165, 1.54) is 5.56 Å². The number of carboxylic acids is 1. The van der Waals surface area contributed by atoms with Crippen LogP contribution in [0.25, 0.3) is 0 Å². The Hall–Kier alpha value is -1.90. The van der Waals surface area contributed by atoms with Crippen molar-refractivity contribution in [3.05, 3.63) is 34.4 Å². The van der Waals surface area contributed by atoms with Crippen molar-refractivity contribution in [1.82, 2.24) is 4.90 Å². The fourth-order valence-electron chi connectivity index (χ4n) is 2.95. The predicted molar refractivity (Wildman–Crippen MR) is 82.5 cm³/mol. The van der Waals surface area contributed by atoms with Gasteiger partial charge in [0.2, 0.25) is 0 Å². The fourth-order valence-corrected chi connectivity index (χ4v) is 2.95. The zero-order valence-corrected chi connectivity index (χ0v) is 13.1. The number of aryl methyl sites for hydroxylation is 2. The number of benzene rings is 1. The third kappa shape index (κ3) is 4.30. The highest BCUT2D eigenvalue weighted by atomic mass is 16.5. The highest BCUT2D eigenvalue weighted by Gasteiger charge is 2.21. The Bertz CT molecular complexity index is 561. The lowest BCUT2D eigenvalue weighted by Crippen LogP contribution is -2.37. The van der Waals surface area contributed by atoms with Crippen molar-refractivity contribution in [2.45, 2.75) is 39.3 Å². The van der Waals surface area contributed by atoms with E-state index in [2.05, 4.69) is 11.0 Å². The maximum absolute atomic E-state index is 10.5. The summed E-state index contributed by atoms with van der Waals surface area (Å²) in [6.07, 6.45) is 1.78. The number of hydrogen-bond donors (Lipinski definition) is 1. The quantitative estimate of drug-likeness (QED) is 0.903. The fraction of sp³-hybridized carbons (Fsp3) is 0.529. The highest BCUT2D eigenvalue weighted by molar-refractivity contribution is 5.68. The average molecular weight is 302 g/mol. The topological polar surface area (TPSA) is 73.6 Å². The lowest BCUT2D eigenvalue weighted by Gasteiger charge is -2.32. The van der Waals surface area contributed by atoms with Gasteiger partial charge in [-0.05, 0) is 55.5 Å². The van der Waals surface area contributed by atoms with Crippen molar-refractivity contribution < 1.29 is 14.6 Å². The van der Waals surface area contributed by atoms with E-state index in [9.17, 15) is 4.79 Å². The first-order valence-electron chi connectivity index (χ1n) is 7.55. The lowest BCUT2D eigenvalue weighted by molar-refractivity contribution is -0.145. The van der Waals surface area contributed by atoms with Crippen molar-refractivity contribution in [3.63, 3.8) is 0 Å². The van der Waals surface area contributed by atoms with Crippen molar-refractivity contribution in [2.24, 2.45) is 0 Å². The number of piperidine rings is 1. The molecule has 0 bridgehead atoms. The van der Waals surface area contributed by atoms with Crippen LogP contribution in [-0.4, -0.2) is 41.8 Å². The van der Waals surface area contributed by atoms with Crippen molar-refractivity contribution in [2.75, 3.05) is 19.7 Å². The van der Waals surface area contributed by atoms with Gasteiger partial charge in [-0.3, -0.25) is 4.90 Å². The summed E-state index contributed by atoms with van der Waals surface area (Å²) in [7, 11) is 0. The van der Waals surface area contributed by atoms with Gasteiger partial charge in [-0.15, -0.1) is 0 Å². The van der Waals surface area contributed by atoms with Crippen LogP contribution in [0.3, 0.4) is 0 Å². The standard InChI is InChI=1S/C17H22N2O3/c1-12-7-14(9-18)8-13(2)16(12)10-19-5-3-15(4-6-19)22-11-17(20)21/h7-8,15H,3-6,10-11H2,1-2H3,(H,20,21). The Balaban J connectivity index is 1.91. The molecule has 1 heterocycles. The van der Waals surface area contributed by atoms with Gasteiger partial charge >= 0.3 is 5.97 Å². The molecule has 0 spiro atoms. The van der Waals surface area contributed by atoms with Crippen LogP contribution in [-0.2, 0) is 16.1 Å². The van der Waals surface area contributed by atoms with E-state index < -0.39 is 5.97 Å². The van der Waals surface area contributed by atoms with Crippen LogP contribution in [0.2, 0.25) is 0 Å². The number of hydrogen-bond acceptors (Lipinski definition) is 4. The van der Waals surface area contributed by atoms with Crippen molar-refractivity contribution in [3.8, 4) is 6.07 Å². The van der Waals surface area contributed by atoms with Crippen LogP contribution < -0.4 is 0 Å². The molecular formula is C17H22N2O3. The molecule has 1 aliphatic heterocycles. The first-order chi connectivity index (χ1) is 10.5. The molecular weight excluding hydrogens is 280 g/mol. The van der Waals surface area contributed by atoms with Crippen LogP contribution in [0, 0.1) is 25.2 Å². The maximum atomic E-state index is 10.5. The zero-order chi connectivity index (χ0) is 16.1. The first kappa shape index (κ1) is 16.5. The van der Waals surface area contributed by atoms with E-state index in [1.54, 1.807) is 0 Å². The molecule has 0 saturated carbocycles. The highest BCUT2D eigenvalue weighted by Crippen LogP contribution is 2.21. The minimum Gasteiger partial charge on any atom is -0.480 e. The minimum absolute atomic E-state index is 0.0514. The summed E-state index contributed by atoms with van der Waals surface area (Å²) in [6, 6.07) is 6.06. The van der Waals surface area contributed by atoms with E-state index in [1.807, 2.05) is 26.0 Å². The van der Waals surface area contributed by atoms with Crippen LogP contribution in [0.4, 0.5) is 0 Å². The summed E-state index contributed by atoms with van der Waals surface area (Å²) < 4.78 is 5.36. The van der Waals surface area contributed by atoms with Gasteiger partial charge in [-0.25, -0.2) is 4.79 Å². The summed E-state index contributed by atoms with van der Waals surface area (Å²) in [5.74, 6) is -0.911. The summed E-state index contributed by atoms with van der Waals surface area (Å²) >= 11 is 0. The Labute approximate surface area is 131 Å². The summed E-state index contributed by atoms with van der Waals surface area (Å²) in [5.41, 5.74) is 4.30. The van der Waals surface area contributed by atoms with E-state index in [0.29, 0.717) is 5.56 Å². The zero-order valence-electron chi connectivity index (χ0n) is 13.1. The third-order valence-electron chi connectivity index (χ3n) is 4.18. The van der Waals surface area contributed by atoms with Crippen molar-refractivity contribution >= 4 is 5.97 Å². The van der Waals surface area contributed by atoms with Crippen LogP contribution in [0.1, 0.15) is 35.1 Å². The van der Waals surface area contributed by atoms with E-state index in [4.69, 9.17) is 15.1 Å². The molecule has 0 aromatic heterocycles. The molecule has 0 radical (unpaired) electrons. The smallest absolute Gasteiger partial charge is 0.329 e. The number of carbonyl (C=O) groups is 1. The Morgan fingerprint density at radius 3 is 2.45 bits per heavy atom. The van der Waals surface area contributed by atoms with E-state index in [0.717, 1.165) is 43.6 Å². The van der Waals surface area contributed by atoms with Crippen LogP contribution >= 0.6 is 0 Å². The molecule has 0 aliphatic carbocycles. The Morgan fingerprint density at radius 2 is 1.95 bits per heavy atom. The van der Waals surface area contributed by atoms with Crippen LogP contribution in [0.15, 0.2) is 12.1 Å². The molecule has 0 amide bonds. The molecule has 1 aromatic carbocycles. The second kappa shape index (κ2) is 7.39. The monoisotopic (exact) mass is 302 g/mol. The molecule has 0 atom stereocenters. The van der Waals surface area contributed by atoms with Gasteiger partial charge in [0.1, 0.15) is 6.61 Å². The second-order valence-electron chi connectivity index (χ2n) is 5.88. The molecule has 0 unspecified atom stereocenters. The maximum Gasteiger partial charge on any atom is 0.329 e. The normalized spacial score (nSPS) is 16.4. The molecule has 5 nitrogen and oxygen atoms in total. The molecule has 22 heavy (non-hydrogen) atoms. The number of nitriles is 1. The molecule has 1 aliphatic rings.